The number of hydrogen-bond acceptors (Lipinski definition) is 8. The third kappa shape index (κ3) is 4.62. The van der Waals surface area contributed by atoms with Crippen LogP contribution in [0.25, 0.3) is 32.9 Å². The number of pyridine rings is 1. The van der Waals surface area contributed by atoms with E-state index in [0.29, 0.717) is 30.3 Å². The number of alkyl halides is 3. The Hall–Kier alpha value is -3.77. The van der Waals surface area contributed by atoms with Crippen molar-refractivity contribution in [1.29, 1.82) is 0 Å². The van der Waals surface area contributed by atoms with Gasteiger partial charge in [0.15, 0.2) is 5.82 Å². The molecule has 3 aliphatic heterocycles. The van der Waals surface area contributed by atoms with E-state index in [1.807, 2.05) is 25.1 Å². The van der Waals surface area contributed by atoms with Crippen LogP contribution in [0.4, 0.5) is 23.4 Å². The van der Waals surface area contributed by atoms with Gasteiger partial charge in [-0.15, -0.1) is 0 Å². The standard InChI is InChI=1S/C31H31F4N5O3/c1-2-17-5-3-6-18-9-20(41)10-21(24(17)18)26-25(33)27-22(12-36-26)28(39-14-23(42)31(34,35)15-39)38-29(37-27)43-16-30-7-4-8-40(30)13-19(32)11-30/h3,5-6,9-10,12,19,23,41-42H,2,4,7-8,11,13-16H2,1H3/t19-,23?,30+/m1/s1. The van der Waals surface area contributed by atoms with Crippen molar-refractivity contribution in [3.05, 3.63) is 47.9 Å². The molecule has 0 aliphatic carbocycles. The second-order valence-corrected chi connectivity index (χ2v) is 11.9. The van der Waals surface area contributed by atoms with Crippen LogP contribution in [-0.2, 0) is 6.42 Å². The highest BCUT2D eigenvalue weighted by molar-refractivity contribution is 6.01. The minimum Gasteiger partial charge on any atom is -0.508 e. The molecule has 4 aromatic rings. The zero-order chi connectivity index (χ0) is 30.1. The van der Waals surface area contributed by atoms with E-state index in [2.05, 4.69) is 19.9 Å². The lowest BCUT2D eigenvalue weighted by Gasteiger charge is -2.31. The Bertz CT molecular complexity index is 1740. The summed E-state index contributed by atoms with van der Waals surface area (Å²) in [5.41, 5.74) is 0.480. The molecule has 0 bridgehead atoms. The lowest BCUT2D eigenvalue weighted by atomic mass is 9.95. The number of aliphatic hydroxyl groups is 1. The van der Waals surface area contributed by atoms with Crippen LogP contribution in [0.5, 0.6) is 11.8 Å². The van der Waals surface area contributed by atoms with Gasteiger partial charge in [-0.05, 0) is 54.3 Å². The molecule has 3 saturated heterocycles. The zero-order valence-electron chi connectivity index (χ0n) is 23.5. The summed E-state index contributed by atoms with van der Waals surface area (Å²) >= 11 is 0. The number of rotatable bonds is 6. The minimum absolute atomic E-state index is 0.0419. The molecule has 0 amide bonds. The topological polar surface area (TPSA) is 94.8 Å². The molecule has 5 heterocycles. The number of fused-ring (bicyclic) bond motifs is 3. The summed E-state index contributed by atoms with van der Waals surface area (Å²) in [5.74, 6) is -4.34. The van der Waals surface area contributed by atoms with Gasteiger partial charge in [-0.1, -0.05) is 25.1 Å². The van der Waals surface area contributed by atoms with Gasteiger partial charge in [-0.3, -0.25) is 9.88 Å². The fourth-order valence-corrected chi connectivity index (χ4v) is 7.06. The van der Waals surface area contributed by atoms with Crippen LogP contribution in [0.3, 0.4) is 0 Å². The average molecular weight is 598 g/mol. The third-order valence-electron chi connectivity index (χ3n) is 9.14. The smallest absolute Gasteiger partial charge is 0.319 e. The molecule has 3 aliphatic rings. The summed E-state index contributed by atoms with van der Waals surface area (Å²) in [6.45, 7) is 1.83. The summed E-state index contributed by atoms with van der Waals surface area (Å²) in [5, 5.41) is 22.0. The summed E-state index contributed by atoms with van der Waals surface area (Å²) in [7, 11) is 0. The number of aromatic hydroxyl groups is 1. The summed E-state index contributed by atoms with van der Waals surface area (Å²) in [6.07, 6.45) is 0.969. The largest absolute Gasteiger partial charge is 0.508 e. The molecule has 12 heteroatoms. The highest BCUT2D eigenvalue weighted by atomic mass is 19.3. The molecule has 0 spiro atoms. The molecule has 2 aromatic carbocycles. The summed E-state index contributed by atoms with van der Waals surface area (Å²) in [4.78, 5) is 16.4. The number of phenolic OH excluding ortho intramolecular Hbond substituents is 1. The second-order valence-electron chi connectivity index (χ2n) is 11.9. The van der Waals surface area contributed by atoms with Gasteiger partial charge in [0, 0.05) is 24.7 Å². The van der Waals surface area contributed by atoms with E-state index in [0.717, 1.165) is 30.3 Å². The lowest BCUT2D eigenvalue weighted by molar-refractivity contribution is -0.0712. The quantitative estimate of drug-likeness (QED) is 0.299. The Labute approximate surface area is 244 Å². The Kier molecular flexibility index (Phi) is 6.62. The number of hydrogen-bond donors (Lipinski definition) is 2. The molecule has 3 fully saturated rings. The van der Waals surface area contributed by atoms with Crippen LogP contribution in [0.15, 0.2) is 36.5 Å². The van der Waals surface area contributed by atoms with Crippen LogP contribution >= 0.6 is 0 Å². The molecule has 8 nitrogen and oxygen atoms in total. The van der Waals surface area contributed by atoms with E-state index < -0.39 is 42.6 Å². The molecule has 2 aromatic heterocycles. The number of aryl methyl sites for hydroxylation is 1. The first-order valence-electron chi connectivity index (χ1n) is 14.5. The summed E-state index contributed by atoms with van der Waals surface area (Å²) < 4.78 is 65.8. The molecule has 43 heavy (non-hydrogen) atoms. The van der Waals surface area contributed by atoms with Crippen LogP contribution < -0.4 is 9.64 Å². The highest BCUT2D eigenvalue weighted by Crippen LogP contribution is 2.42. The average Bonchev–Trinajstić information content (AvgIpc) is 3.59. The molecular weight excluding hydrogens is 566 g/mol. The van der Waals surface area contributed by atoms with Crippen molar-refractivity contribution in [3.8, 4) is 23.0 Å². The first-order valence-corrected chi connectivity index (χ1v) is 14.5. The number of ether oxygens (including phenoxy) is 1. The maximum absolute atomic E-state index is 16.6. The van der Waals surface area contributed by atoms with E-state index in [-0.39, 0.29) is 40.8 Å². The van der Waals surface area contributed by atoms with Gasteiger partial charge >= 0.3 is 6.01 Å². The fourth-order valence-electron chi connectivity index (χ4n) is 7.06. The third-order valence-corrected chi connectivity index (χ3v) is 9.14. The molecule has 0 saturated carbocycles. The maximum atomic E-state index is 16.6. The van der Waals surface area contributed by atoms with Crippen LogP contribution in [0.2, 0.25) is 0 Å². The molecule has 2 N–H and O–H groups in total. The van der Waals surface area contributed by atoms with Crippen molar-refractivity contribution in [2.24, 2.45) is 0 Å². The number of β-amino-alcohol motifs (C(OH)–C–C–N with tert-alkyl or cyclic N) is 1. The number of nitrogens with zero attached hydrogens (tertiary/aromatic N) is 5. The zero-order valence-corrected chi connectivity index (χ0v) is 23.5. The molecule has 7 rings (SSSR count). The Morgan fingerprint density at radius 3 is 2.77 bits per heavy atom. The van der Waals surface area contributed by atoms with Gasteiger partial charge in [0.2, 0.25) is 0 Å². The maximum Gasteiger partial charge on any atom is 0.319 e. The molecule has 1 unspecified atom stereocenters. The molecular formula is C31H31F4N5O3. The Morgan fingerprint density at radius 1 is 1.16 bits per heavy atom. The van der Waals surface area contributed by atoms with Crippen molar-refractivity contribution in [2.75, 3.05) is 37.7 Å². The minimum atomic E-state index is -3.40. The van der Waals surface area contributed by atoms with Gasteiger partial charge in [0.1, 0.15) is 41.7 Å². The van der Waals surface area contributed by atoms with Crippen molar-refractivity contribution in [2.45, 2.75) is 56.3 Å². The van der Waals surface area contributed by atoms with E-state index in [1.54, 1.807) is 6.07 Å². The van der Waals surface area contributed by atoms with E-state index >= 15 is 4.39 Å². The van der Waals surface area contributed by atoms with Gasteiger partial charge < -0.3 is 19.8 Å². The van der Waals surface area contributed by atoms with Gasteiger partial charge in [-0.25, -0.2) is 17.6 Å². The van der Waals surface area contributed by atoms with Gasteiger partial charge in [-0.2, -0.15) is 9.97 Å². The van der Waals surface area contributed by atoms with Crippen LogP contribution in [0.1, 0.15) is 31.7 Å². The van der Waals surface area contributed by atoms with Crippen molar-refractivity contribution in [1.82, 2.24) is 19.9 Å². The predicted molar refractivity (Wildman–Crippen MR) is 153 cm³/mol. The number of anilines is 1. The van der Waals surface area contributed by atoms with E-state index in [9.17, 15) is 23.4 Å². The number of aliphatic hydroxyl groups excluding tert-OH is 1. The van der Waals surface area contributed by atoms with E-state index in [4.69, 9.17) is 4.74 Å². The van der Waals surface area contributed by atoms with Crippen molar-refractivity contribution >= 4 is 27.5 Å². The number of halogens is 4. The number of benzene rings is 2. The fraction of sp³-hybridized carbons (Fsp3) is 0.452. The Morgan fingerprint density at radius 2 is 2.00 bits per heavy atom. The number of aromatic nitrogens is 3. The SMILES string of the molecule is CCc1cccc2cc(O)cc(-c3ncc4c(N5CC(O)C(F)(F)C5)nc(OC[C@@]56CCCN5C[C@H](F)C6)nc4c3F)c12. The first-order chi connectivity index (χ1) is 20.6. The summed E-state index contributed by atoms with van der Waals surface area (Å²) in [6, 6.07) is 8.40. The van der Waals surface area contributed by atoms with Crippen molar-refractivity contribution in [3.63, 3.8) is 0 Å². The van der Waals surface area contributed by atoms with Crippen molar-refractivity contribution < 1.29 is 32.5 Å². The molecule has 226 valence electrons. The first kappa shape index (κ1) is 28.0. The Balaban J connectivity index is 1.37. The van der Waals surface area contributed by atoms with Gasteiger partial charge in [0.05, 0.1) is 24.0 Å². The van der Waals surface area contributed by atoms with Gasteiger partial charge in [0.25, 0.3) is 5.92 Å². The molecule has 0 radical (unpaired) electrons. The lowest BCUT2D eigenvalue weighted by Crippen LogP contribution is -2.43. The highest BCUT2D eigenvalue weighted by Gasteiger charge is 2.50. The van der Waals surface area contributed by atoms with Crippen LogP contribution in [-0.4, -0.2) is 86.6 Å². The number of phenols is 1. The predicted octanol–water partition coefficient (Wildman–Crippen LogP) is 5.02. The normalized spacial score (nSPS) is 25.2. The monoisotopic (exact) mass is 597 g/mol. The molecule has 3 atom stereocenters. The second kappa shape index (κ2) is 10.2. The van der Waals surface area contributed by atoms with E-state index in [1.165, 1.54) is 17.2 Å². The van der Waals surface area contributed by atoms with Crippen LogP contribution in [0, 0.1) is 5.82 Å².